The zero-order valence-electron chi connectivity index (χ0n) is 29.6. The first kappa shape index (κ1) is 31.6. The molecule has 0 spiro atoms. The van der Waals surface area contributed by atoms with Crippen molar-refractivity contribution in [3.05, 3.63) is 212 Å². The van der Waals surface area contributed by atoms with E-state index in [2.05, 4.69) is 205 Å². The molecule has 0 amide bonds. The molecule has 54 heavy (non-hydrogen) atoms. The largest absolute Gasteiger partial charge is 0.456 e. The van der Waals surface area contributed by atoms with Crippen molar-refractivity contribution in [3.63, 3.8) is 0 Å². The minimum absolute atomic E-state index is 0.869. The summed E-state index contributed by atoms with van der Waals surface area (Å²) >= 11 is 0. The molecule has 1 aromatic heterocycles. The smallest absolute Gasteiger partial charge is 0.137 e. The first-order chi connectivity index (χ1) is 26.7. The van der Waals surface area contributed by atoms with E-state index in [9.17, 15) is 0 Å². The highest BCUT2D eigenvalue weighted by atomic mass is 16.3. The molecule has 0 saturated carbocycles. The van der Waals surface area contributed by atoms with E-state index in [-0.39, 0.29) is 0 Å². The standard InChI is InChI=1S/C52H35NO/c1-3-11-36(12-4-1)38-21-23-39(24-22-38)42-15-9-16-47(35-42)53(49-18-10-20-51-52(49)48-17-7-8-19-50(48)54-51)46-31-29-40(30-32-46)44-28-26-41-25-27-43(33-45(41)34-44)37-13-5-2-6-14-37/h1-35H. The minimum atomic E-state index is 0.869. The van der Waals surface area contributed by atoms with Crippen molar-refractivity contribution in [2.24, 2.45) is 0 Å². The Balaban J connectivity index is 1.07. The molecule has 0 aliphatic rings. The summed E-state index contributed by atoms with van der Waals surface area (Å²) in [6.07, 6.45) is 0. The van der Waals surface area contributed by atoms with E-state index in [1.54, 1.807) is 0 Å². The lowest BCUT2D eigenvalue weighted by molar-refractivity contribution is 0.669. The van der Waals surface area contributed by atoms with Gasteiger partial charge in [0.1, 0.15) is 11.2 Å². The Morgan fingerprint density at radius 2 is 0.778 bits per heavy atom. The van der Waals surface area contributed by atoms with Crippen LogP contribution in [-0.2, 0) is 0 Å². The highest BCUT2D eigenvalue weighted by molar-refractivity contribution is 6.13. The number of hydrogen-bond acceptors (Lipinski definition) is 2. The average molecular weight is 690 g/mol. The lowest BCUT2D eigenvalue weighted by Gasteiger charge is -2.27. The Bertz CT molecular complexity index is 2910. The molecule has 1 heterocycles. The summed E-state index contributed by atoms with van der Waals surface area (Å²) in [5.74, 6) is 0. The van der Waals surface area contributed by atoms with Gasteiger partial charge in [-0.25, -0.2) is 0 Å². The van der Waals surface area contributed by atoms with Gasteiger partial charge in [-0.3, -0.25) is 0 Å². The van der Waals surface area contributed by atoms with Crippen LogP contribution in [0.1, 0.15) is 0 Å². The number of hydrogen-bond donors (Lipinski definition) is 0. The van der Waals surface area contributed by atoms with Crippen molar-refractivity contribution in [3.8, 4) is 44.5 Å². The van der Waals surface area contributed by atoms with Gasteiger partial charge >= 0.3 is 0 Å². The predicted molar refractivity (Wildman–Crippen MR) is 228 cm³/mol. The number of anilines is 3. The van der Waals surface area contributed by atoms with E-state index in [0.29, 0.717) is 0 Å². The topological polar surface area (TPSA) is 16.4 Å². The quantitative estimate of drug-likeness (QED) is 0.166. The van der Waals surface area contributed by atoms with Gasteiger partial charge in [-0.2, -0.15) is 0 Å². The average Bonchev–Trinajstić information content (AvgIpc) is 3.64. The van der Waals surface area contributed by atoms with Crippen LogP contribution in [0.4, 0.5) is 17.1 Å². The van der Waals surface area contributed by atoms with Gasteiger partial charge in [0, 0.05) is 16.8 Å². The Morgan fingerprint density at radius 1 is 0.296 bits per heavy atom. The van der Waals surface area contributed by atoms with Gasteiger partial charge in [-0.05, 0) is 110 Å². The van der Waals surface area contributed by atoms with E-state index in [0.717, 1.165) is 44.6 Å². The van der Waals surface area contributed by atoms with E-state index >= 15 is 0 Å². The summed E-state index contributed by atoms with van der Waals surface area (Å²) in [5, 5.41) is 4.66. The van der Waals surface area contributed by atoms with Crippen LogP contribution < -0.4 is 4.90 Å². The van der Waals surface area contributed by atoms with Gasteiger partial charge in [-0.15, -0.1) is 0 Å². The molecule has 9 aromatic carbocycles. The Kier molecular flexibility index (Phi) is 7.85. The SMILES string of the molecule is c1ccc(-c2ccc(-c3cccc(N(c4ccc(-c5ccc6ccc(-c7ccccc7)cc6c5)cc4)c4cccc5oc6ccccc6c45)c3)cc2)cc1. The molecule has 254 valence electrons. The van der Waals surface area contributed by atoms with Crippen LogP contribution >= 0.6 is 0 Å². The number of rotatable bonds is 7. The molecular weight excluding hydrogens is 655 g/mol. The van der Waals surface area contributed by atoms with Crippen molar-refractivity contribution >= 4 is 49.8 Å². The zero-order valence-corrected chi connectivity index (χ0v) is 29.6. The zero-order chi connectivity index (χ0) is 35.8. The molecule has 0 bridgehead atoms. The van der Waals surface area contributed by atoms with Crippen LogP contribution in [0.5, 0.6) is 0 Å². The molecule has 10 rings (SSSR count). The van der Waals surface area contributed by atoms with E-state index in [4.69, 9.17) is 4.42 Å². The molecule has 0 atom stereocenters. The molecule has 0 aliphatic carbocycles. The summed E-state index contributed by atoms with van der Waals surface area (Å²) in [6, 6.07) is 75.9. The first-order valence-electron chi connectivity index (χ1n) is 18.4. The third kappa shape index (κ3) is 5.81. The maximum Gasteiger partial charge on any atom is 0.137 e. The molecule has 2 nitrogen and oxygen atoms in total. The molecule has 0 saturated heterocycles. The number of fused-ring (bicyclic) bond motifs is 4. The van der Waals surface area contributed by atoms with Crippen molar-refractivity contribution in [2.75, 3.05) is 4.90 Å². The van der Waals surface area contributed by atoms with E-state index < -0.39 is 0 Å². The Hall–Kier alpha value is -7.16. The molecule has 0 unspecified atom stereocenters. The maximum absolute atomic E-state index is 6.38. The normalized spacial score (nSPS) is 11.3. The Labute approximate surface area is 314 Å². The molecule has 0 radical (unpaired) electrons. The fraction of sp³-hybridized carbons (Fsp3) is 0. The summed E-state index contributed by atoms with van der Waals surface area (Å²) in [6.45, 7) is 0. The van der Waals surface area contributed by atoms with Crippen LogP contribution in [-0.4, -0.2) is 0 Å². The van der Waals surface area contributed by atoms with Crippen LogP contribution in [0.15, 0.2) is 217 Å². The Morgan fingerprint density at radius 3 is 1.46 bits per heavy atom. The minimum Gasteiger partial charge on any atom is -0.456 e. The third-order valence-corrected chi connectivity index (χ3v) is 10.5. The molecule has 0 aliphatic heterocycles. The number of furan rings is 1. The second kappa shape index (κ2) is 13.4. The highest BCUT2D eigenvalue weighted by Gasteiger charge is 2.20. The van der Waals surface area contributed by atoms with Gasteiger partial charge in [0.2, 0.25) is 0 Å². The summed E-state index contributed by atoms with van der Waals surface area (Å²) in [4.78, 5) is 2.36. The summed E-state index contributed by atoms with van der Waals surface area (Å²) in [7, 11) is 0. The molecule has 2 heteroatoms. The van der Waals surface area contributed by atoms with E-state index in [1.807, 2.05) is 12.1 Å². The van der Waals surface area contributed by atoms with E-state index in [1.165, 1.54) is 49.7 Å². The van der Waals surface area contributed by atoms with Crippen LogP contribution in [0, 0.1) is 0 Å². The first-order valence-corrected chi connectivity index (χ1v) is 18.4. The van der Waals surface area contributed by atoms with Crippen LogP contribution in [0.25, 0.3) is 77.2 Å². The third-order valence-electron chi connectivity index (χ3n) is 10.5. The highest BCUT2D eigenvalue weighted by Crippen LogP contribution is 2.44. The van der Waals surface area contributed by atoms with Gasteiger partial charge < -0.3 is 9.32 Å². The second-order valence-corrected chi connectivity index (χ2v) is 13.8. The molecule has 0 fully saturated rings. The fourth-order valence-corrected chi connectivity index (χ4v) is 7.72. The van der Waals surface area contributed by atoms with Gasteiger partial charge in [-0.1, -0.05) is 158 Å². The lowest BCUT2D eigenvalue weighted by atomic mass is 9.97. The molecular formula is C52H35NO. The van der Waals surface area contributed by atoms with Gasteiger partial charge in [0.15, 0.2) is 0 Å². The lowest BCUT2D eigenvalue weighted by Crippen LogP contribution is -2.10. The fourth-order valence-electron chi connectivity index (χ4n) is 7.72. The van der Waals surface area contributed by atoms with Crippen molar-refractivity contribution in [2.45, 2.75) is 0 Å². The maximum atomic E-state index is 6.38. The van der Waals surface area contributed by atoms with Crippen molar-refractivity contribution in [1.29, 1.82) is 0 Å². The number of nitrogens with zero attached hydrogens (tertiary/aromatic N) is 1. The second-order valence-electron chi connectivity index (χ2n) is 13.8. The molecule has 0 N–H and O–H groups in total. The van der Waals surface area contributed by atoms with Gasteiger partial charge in [0.25, 0.3) is 0 Å². The number of para-hydroxylation sites is 1. The van der Waals surface area contributed by atoms with Crippen molar-refractivity contribution < 1.29 is 4.42 Å². The van der Waals surface area contributed by atoms with Crippen LogP contribution in [0.3, 0.4) is 0 Å². The predicted octanol–water partition coefficient (Wildman–Crippen LogP) is 14.9. The number of benzene rings is 9. The van der Waals surface area contributed by atoms with Crippen LogP contribution in [0.2, 0.25) is 0 Å². The van der Waals surface area contributed by atoms with Gasteiger partial charge in [0.05, 0.1) is 11.1 Å². The summed E-state index contributed by atoms with van der Waals surface area (Å²) in [5.41, 5.74) is 14.5. The monoisotopic (exact) mass is 689 g/mol. The summed E-state index contributed by atoms with van der Waals surface area (Å²) < 4.78 is 6.38. The molecule has 10 aromatic rings. The van der Waals surface area contributed by atoms with Crippen molar-refractivity contribution in [1.82, 2.24) is 0 Å².